The minimum atomic E-state index is -0.828. The Labute approximate surface area is 112 Å². The smallest absolute Gasteiger partial charge is 0.307 e. The molecule has 1 N–H and O–H groups in total. The second-order valence-electron chi connectivity index (χ2n) is 4.98. The van der Waals surface area contributed by atoms with E-state index in [-0.39, 0.29) is 6.42 Å². The van der Waals surface area contributed by atoms with Gasteiger partial charge in [-0.15, -0.1) is 0 Å². The number of aryl methyl sites for hydroxylation is 3. The molecule has 2 rings (SSSR count). The van der Waals surface area contributed by atoms with Crippen LogP contribution in [0.4, 0.5) is 0 Å². The standard InChI is InChI=1S/C15H18N2O2/c1-9-5-10(2)7-13(6-9)17-12(4)14(8-15(18)19)11(3)16-17/h5-7H,8H2,1-4H3,(H,18,19). The first-order chi connectivity index (χ1) is 8.88. The molecule has 100 valence electrons. The number of carboxylic acids is 1. The Bertz CT molecular complexity index is 622. The van der Waals surface area contributed by atoms with E-state index in [9.17, 15) is 4.79 Å². The zero-order chi connectivity index (χ0) is 14.2. The molecule has 0 aliphatic rings. The lowest BCUT2D eigenvalue weighted by atomic mass is 10.1. The third kappa shape index (κ3) is 2.67. The van der Waals surface area contributed by atoms with Crippen LogP contribution in [0.2, 0.25) is 0 Å². The topological polar surface area (TPSA) is 55.1 Å². The number of hydrogen-bond acceptors (Lipinski definition) is 2. The summed E-state index contributed by atoms with van der Waals surface area (Å²) >= 11 is 0. The van der Waals surface area contributed by atoms with Crippen molar-refractivity contribution in [2.24, 2.45) is 0 Å². The summed E-state index contributed by atoms with van der Waals surface area (Å²) in [4.78, 5) is 10.9. The maximum atomic E-state index is 10.9. The summed E-state index contributed by atoms with van der Waals surface area (Å²) < 4.78 is 1.83. The number of carboxylic acid groups (broad SMARTS) is 1. The summed E-state index contributed by atoms with van der Waals surface area (Å²) in [6.45, 7) is 7.85. The zero-order valence-corrected chi connectivity index (χ0v) is 11.7. The Kier molecular flexibility index (Phi) is 3.42. The number of carbonyl (C=O) groups is 1. The van der Waals surface area contributed by atoms with Gasteiger partial charge >= 0.3 is 5.97 Å². The lowest BCUT2D eigenvalue weighted by molar-refractivity contribution is -0.136. The maximum absolute atomic E-state index is 10.9. The molecule has 1 heterocycles. The van der Waals surface area contributed by atoms with Crippen LogP contribution in [0, 0.1) is 27.7 Å². The molecule has 19 heavy (non-hydrogen) atoms. The highest BCUT2D eigenvalue weighted by atomic mass is 16.4. The quantitative estimate of drug-likeness (QED) is 0.921. The van der Waals surface area contributed by atoms with Crippen LogP contribution < -0.4 is 0 Å². The van der Waals surface area contributed by atoms with Crippen molar-refractivity contribution in [2.75, 3.05) is 0 Å². The minimum absolute atomic E-state index is 0.0163. The highest BCUT2D eigenvalue weighted by molar-refractivity contribution is 5.71. The van der Waals surface area contributed by atoms with Crippen molar-refractivity contribution in [3.8, 4) is 5.69 Å². The van der Waals surface area contributed by atoms with Crippen LogP contribution in [-0.4, -0.2) is 20.9 Å². The molecule has 0 fully saturated rings. The summed E-state index contributed by atoms with van der Waals surface area (Å²) in [5.41, 5.74) is 5.79. The fraction of sp³-hybridized carbons (Fsp3) is 0.333. The van der Waals surface area contributed by atoms with Gasteiger partial charge in [0.25, 0.3) is 0 Å². The van der Waals surface area contributed by atoms with E-state index < -0.39 is 5.97 Å². The third-order valence-electron chi connectivity index (χ3n) is 3.22. The lowest BCUT2D eigenvalue weighted by Crippen LogP contribution is -2.04. The average molecular weight is 258 g/mol. The number of aliphatic carboxylic acids is 1. The number of benzene rings is 1. The molecule has 1 aromatic heterocycles. The van der Waals surface area contributed by atoms with Crippen molar-refractivity contribution in [2.45, 2.75) is 34.1 Å². The molecule has 0 atom stereocenters. The van der Waals surface area contributed by atoms with Crippen molar-refractivity contribution >= 4 is 5.97 Å². The number of hydrogen-bond donors (Lipinski definition) is 1. The van der Waals surface area contributed by atoms with Gasteiger partial charge in [0.05, 0.1) is 17.8 Å². The second-order valence-corrected chi connectivity index (χ2v) is 4.98. The highest BCUT2D eigenvalue weighted by Crippen LogP contribution is 2.20. The van der Waals surface area contributed by atoms with Crippen LogP contribution in [-0.2, 0) is 11.2 Å². The number of rotatable bonds is 3. The van der Waals surface area contributed by atoms with E-state index in [0.717, 1.165) is 22.6 Å². The van der Waals surface area contributed by atoms with Gasteiger partial charge in [-0.25, -0.2) is 4.68 Å². The Morgan fingerprint density at radius 3 is 2.26 bits per heavy atom. The predicted molar refractivity (Wildman–Crippen MR) is 73.9 cm³/mol. The largest absolute Gasteiger partial charge is 0.481 e. The molecule has 0 bridgehead atoms. The van der Waals surface area contributed by atoms with Crippen molar-refractivity contribution in [3.63, 3.8) is 0 Å². The zero-order valence-electron chi connectivity index (χ0n) is 11.7. The molecule has 0 spiro atoms. The molecule has 0 aliphatic carbocycles. The first kappa shape index (κ1) is 13.3. The molecule has 0 unspecified atom stereocenters. The summed E-state index contributed by atoms with van der Waals surface area (Å²) in [6, 6.07) is 6.21. The molecular formula is C15H18N2O2. The normalized spacial score (nSPS) is 10.7. The first-order valence-electron chi connectivity index (χ1n) is 6.24. The monoisotopic (exact) mass is 258 g/mol. The molecule has 0 radical (unpaired) electrons. The molecular weight excluding hydrogens is 240 g/mol. The van der Waals surface area contributed by atoms with E-state index in [1.165, 1.54) is 11.1 Å². The van der Waals surface area contributed by atoms with Crippen LogP contribution in [0.5, 0.6) is 0 Å². The van der Waals surface area contributed by atoms with Gasteiger partial charge in [0.2, 0.25) is 0 Å². The third-order valence-corrected chi connectivity index (χ3v) is 3.22. The molecule has 0 saturated heterocycles. The van der Waals surface area contributed by atoms with Gasteiger partial charge in [0.15, 0.2) is 0 Å². The van der Waals surface area contributed by atoms with Crippen molar-refractivity contribution in [1.29, 1.82) is 0 Å². The Balaban J connectivity index is 2.54. The second kappa shape index (κ2) is 4.88. The van der Waals surface area contributed by atoms with Gasteiger partial charge < -0.3 is 5.11 Å². The Morgan fingerprint density at radius 1 is 1.16 bits per heavy atom. The van der Waals surface area contributed by atoms with Crippen LogP contribution in [0.25, 0.3) is 5.69 Å². The predicted octanol–water partition coefficient (Wildman–Crippen LogP) is 2.73. The van der Waals surface area contributed by atoms with Crippen molar-refractivity contribution in [1.82, 2.24) is 9.78 Å². The van der Waals surface area contributed by atoms with Gasteiger partial charge in [-0.3, -0.25) is 4.79 Å². The van der Waals surface area contributed by atoms with Crippen molar-refractivity contribution < 1.29 is 9.90 Å². The number of aromatic nitrogens is 2. The van der Waals surface area contributed by atoms with Gasteiger partial charge in [0.1, 0.15) is 0 Å². The fourth-order valence-corrected chi connectivity index (χ4v) is 2.41. The van der Waals surface area contributed by atoms with E-state index >= 15 is 0 Å². The summed E-state index contributed by atoms with van der Waals surface area (Å²) in [5.74, 6) is -0.828. The van der Waals surface area contributed by atoms with Gasteiger partial charge in [-0.05, 0) is 51.0 Å². The maximum Gasteiger partial charge on any atom is 0.307 e. The number of nitrogens with zero attached hydrogens (tertiary/aromatic N) is 2. The molecule has 4 heteroatoms. The molecule has 0 saturated carbocycles. The minimum Gasteiger partial charge on any atom is -0.481 e. The fourth-order valence-electron chi connectivity index (χ4n) is 2.41. The van der Waals surface area contributed by atoms with Gasteiger partial charge in [0, 0.05) is 11.3 Å². The van der Waals surface area contributed by atoms with E-state index in [1.807, 2.05) is 32.4 Å². The van der Waals surface area contributed by atoms with Crippen LogP contribution in [0.3, 0.4) is 0 Å². The summed E-state index contributed by atoms with van der Waals surface area (Å²) in [5, 5.41) is 13.4. The van der Waals surface area contributed by atoms with E-state index in [2.05, 4.69) is 23.3 Å². The SMILES string of the molecule is Cc1cc(C)cc(-n2nc(C)c(CC(=O)O)c2C)c1. The molecule has 2 aromatic rings. The van der Waals surface area contributed by atoms with Gasteiger partial charge in [-0.2, -0.15) is 5.10 Å². The first-order valence-corrected chi connectivity index (χ1v) is 6.24. The summed E-state index contributed by atoms with van der Waals surface area (Å²) in [7, 11) is 0. The van der Waals surface area contributed by atoms with Crippen LogP contribution in [0.1, 0.15) is 28.1 Å². The van der Waals surface area contributed by atoms with E-state index in [1.54, 1.807) is 0 Å². The molecule has 0 amide bonds. The van der Waals surface area contributed by atoms with E-state index in [0.29, 0.717) is 0 Å². The Hall–Kier alpha value is -2.10. The Morgan fingerprint density at radius 2 is 1.74 bits per heavy atom. The van der Waals surface area contributed by atoms with Crippen LogP contribution in [0.15, 0.2) is 18.2 Å². The molecule has 4 nitrogen and oxygen atoms in total. The van der Waals surface area contributed by atoms with Gasteiger partial charge in [-0.1, -0.05) is 6.07 Å². The summed E-state index contributed by atoms with van der Waals surface area (Å²) in [6.07, 6.45) is 0.0163. The molecule has 0 aliphatic heterocycles. The van der Waals surface area contributed by atoms with Crippen LogP contribution >= 0.6 is 0 Å². The lowest BCUT2D eigenvalue weighted by Gasteiger charge is -2.07. The highest BCUT2D eigenvalue weighted by Gasteiger charge is 2.15. The average Bonchev–Trinajstić information content (AvgIpc) is 2.55. The van der Waals surface area contributed by atoms with E-state index in [4.69, 9.17) is 5.11 Å². The van der Waals surface area contributed by atoms with Crippen molar-refractivity contribution in [3.05, 3.63) is 46.3 Å². The molecule has 1 aromatic carbocycles.